The summed E-state index contributed by atoms with van der Waals surface area (Å²) in [5.41, 5.74) is 0.507. The molecular weight excluding hydrogens is 457 g/mol. The molecule has 1 aliphatic heterocycles. The van der Waals surface area contributed by atoms with Crippen LogP contribution in [0, 0.1) is 17.2 Å². The molecule has 0 unspecified atom stereocenters. The van der Waals surface area contributed by atoms with Gasteiger partial charge in [-0.2, -0.15) is 14.0 Å². The fraction of sp³-hybridized carbons (Fsp3) is 0.524. The van der Waals surface area contributed by atoms with Gasteiger partial charge in [-0.05, 0) is 43.9 Å². The molecule has 8 nitrogen and oxygen atoms in total. The number of hydrogen-bond acceptors (Lipinski definition) is 7. The third-order valence-corrected chi connectivity index (χ3v) is 9.46. The first-order valence-corrected chi connectivity index (χ1v) is 12.9. The Morgan fingerprint density at radius 3 is 2.66 bits per heavy atom. The highest BCUT2D eigenvalue weighted by Gasteiger charge is 2.61. The minimum absolute atomic E-state index is 0.0427. The van der Waals surface area contributed by atoms with E-state index in [4.69, 9.17) is 15.1 Å². The van der Waals surface area contributed by atoms with E-state index in [1.165, 1.54) is 29.2 Å². The highest BCUT2D eigenvalue weighted by molar-refractivity contribution is 7.98. The maximum Gasteiger partial charge on any atom is 0.368 e. The number of hydrogen-bond donors (Lipinski definition) is 1. The van der Waals surface area contributed by atoms with Gasteiger partial charge in [0.25, 0.3) is 0 Å². The Morgan fingerprint density at radius 2 is 2.12 bits per heavy atom. The number of benzene rings is 1. The number of carboxylic acids is 1. The molecule has 1 aromatic carbocycles. The van der Waals surface area contributed by atoms with Crippen molar-refractivity contribution in [3.63, 3.8) is 0 Å². The van der Waals surface area contributed by atoms with E-state index in [1.54, 1.807) is 12.3 Å². The number of carboxylic acid groups (broad SMARTS) is 1. The summed E-state index contributed by atoms with van der Waals surface area (Å²) in [6.45, 7) is 0.485. The Bertz CT molecular complexity index is 1110. The van der Waals surface area contributed by atoms with Gasteiger partial charge >= 0.3 is 5.97 Å². The number of thioether (sulfide) groups is 1. The van der Waals surface area contributed by atoms with E-state index in [0.717, 1.165) is 19.3 Å². The smallest absolute Gasteiger partial charge is 0.368 e. The Morgan fingerprint density at radius 1 is 1.44 bits per heavy atom. The predicted octanol–water partition coefficient (Wildman–Crippen LogP) is 3.35. The zero-order valence-electron chi connectivity index (χ0n) is 17.7. The van der Waals surface area contributed by atoms with Crippen LogP contribution in [0.5, 0.6) is 5.75 Å². The van der Waals surface area contributed by atoms with Crippen LogP contribution in [0.25, 0.3) is 0 Å². The van der Waals surface area contributed by atoms with E-state index in [1.807, 2.05) is 0 Å². The molecule has 32 heavy (non-hydrogen) atoms. The summed E-state index contributed by atoms with van der Waals surface area (Å²) >= 11 is 1.30. The fourth-order valence-electron chi connectivity index (χ4n) is 4.86. The van der Waals surface area contributed by atoms with Crippen molar-refractivity contribution in [1.29, 1.82) is 5.26 Å². The average molecular weight is 482 g/mol. The van der Waals surface area contributed by atoms with Gasteiger partial charge in [0.2, 0.25) is 15.9 Å². The molecule has 3 fully saturated rings. The van der Waals surface area contributed by atoms with Gasteiger partial charge in [-0.25, -0.2) is 13.2 Å². The lowest BCUT2D eigenvalue weighted by atomic mass is 9.49. The van der Waals surface area contributed by atoms with Crippen LogP contribution >= 0.6 is 11.8 Å². The van der Waals surface area contributed by atoms with Crippen LogP contribution in [-0.4, -0.2) is 55.2 Å². The minimum atomic E-state index is -3.94. The van der Waals surface area contributed by atoms with Crippen LogP contribution in [0.2, 0.25) is 0 Å². The zero-order valence-corrected chi connectivity index (χ0v) is 19.4. The van der Waals surface area contributed by atoms with Gasteiger partial charge < -0.3 is 14.7 Å². The molecule has 1 aromatic rings. The number of ether oxygens (including phenoxy) is 1. The summed E-state index contributed by atoms with van der Waals surface area (Å²) in [7, 11) is -2.42. The van der Waals surface area contributed by atoms with Gasteiger partial charge in [0.05, 0.1) is 16.7 Å². The van der Waals surface area contributed by atoms with Crippen LogP contribution in [0.4, 0.5) is 10.1 Å². The molecule has 0 aromatic heterocycles. The molecule has 3 aliphatic carbocycles. The number of sulfonamides is 1. The average Bonchev–Trinajstić information content (AvgIpc) is 2.76. The van der Waals surface area contributed by atoms with Crippen molar-refractivity contribution in [3.05, 3.63) is 24.2 Å². The highest BCUT2D eigenvalue weighted by atomic mass is 32.2. The number of rotatable bonds is 7. The largest absolute Gasteiger partial charge is 0.476 e. The maximum atomic E-state index is 13.6. The van der Waals surface area contributed by atoms with Crippen molar-refractivity contribution in [2.24, 2.45) is 5.92 Å². The lowest BCUT2D eigenvalue weighted by Crippen LogP contribution is -2.69. The molecule has 172 valence electrons. The molecule has 5 rings (SSSR count). The molecule has 1 atom stereocenters. The van der Waals surface area contributed by atoms with E-state index in [2.05, 4.69) is 11.0 Å². The van der Waals surface area contributed by atoms with Gasteiger partial charge in [0, 0.05) is 37.7 Å². The van der Waals surface area contributed by atoms with E-state index in [0.29, 0.717) is 35.7 Å². The number of nitriles is 1. The minimum Gasteiger partial charge on any atom is -0.476 e. The number of likely N-dealkylation sites (N-methyl/N-ethyl adjacent to an activating group) is 1. The van der Waals surface area contributed by atoms with Crippen LogP contribution in [0.3, 0.4) is 0 Å². The number of halogens is 1. The number of anilines is 1. The van der Waals surface area contributed by atoms with Gasteiger partial charge in [0.15, 0.2) is 0 Å². The van der Waals surface area contributed by atoms with Crippen LogP contribution in [-0.2, 0) is 14.8 Å². The summed E-state index contributed by atoms with van der Waals surface area (Å²) < 4.78 is 47.2. The summed E-state index contributed by atoms with van der Waals surface area (Å²) in [4.78, 5) is 13.6. The normalized spacial score (nSPS) is 28.6. The van der Waals surface area contributed by atoms with Crippen LogP contribution < -0.4 is 9.64 Å². The second kappa shape index (κ2) is 8.24. The molecule has 0 spiro atoms. The van der Waals surface area contributed by atoms with Crippen LogP contribution in [0.15, 0.2) is 34.0 Å². The molecule has 11 heteroatoms. The lowest BCUT2D eigenvalue weighted by Gasteiger charge is -2.67. The zero-order chi connectivity index (χ0) is 23.3. The van der Waals surface area contributed by atoms with Gasteiger partial charge in [-0.1, -0.05) is 0 Å². The highest BCUT2D eigenvalue weighted by Crippen LogP contribution is 2.62. The summed E-state index contributed by atoms with van der Waals surface area (Å²) in [5.74, 6) is -2.51. The van der Waals surface area contributed by atoms with Crippen molar-refractivity contribution in [1.82, 2.24) is 4.31 Å². The SMILES string of the molecule is CSc1cc2c(cc1O/C=C(\F)C(=O)O)S(=O)(=O)N(C)[C@H](CCC#N)CN2C12CC(C1)C2. The first kappa shape index (κ1) is 22.9. The number of carbonyl (C=O) groups is 1. The summed E-state index contributed by atoms with van der Waals surface area (Å²) in [6, 6.07) is 4.83. The standard InChI is InChI=1S/C21H24FN3O5S2/c1-24-14(4-3-5-23)11-25(21-8-13(9-21)10-21)16-6-18(31-2)17(7-19(16)32(24,28)29)30-12-15(22)20(26)27/h6-7,12-14H,3-4,8-11H2,1-2H3,(H,26,27)/b15-12-/t13?,14-,21?/m1/s1. The van der Waals surface area contributed by atoms with E-state index >= 15 is 0 Å². The third-order valence-electron chi connectivity index (χ3n) is 6.76. The maximum absolute atomic E-state index is 13.6. The topological polar surface area (TPSA) is 111 Å². The second-order valence-corrected chi connectivity index (χ2v) is 11.4. The van der Waals surface area contributed by atoms with Gasteiger partial charge in [-0.15, -0.1) is 11.8 Å². The Hall–Kier alpha value is -2.29. The van der Waals surface area contributed by atoms with E-state index in [9.17, 15) is 17.6 Å². The molecule has 1 N–H and O–H groups in total. The Labute approximate surface area is 190 Å². The molecule has 1 heterocycles. The molecule has 0 amide bonds. The second-order valence-electron chi connectivity index (χ2n) is 8.54. The predicted molar refractivity (Wildman–Crippen MR) is 117 cm³/mol. The van der Waals surface area contributed by atoms with E-state index < -0.39 is 21.8 Å². The Balaban J connectivity index is 1.84. The molecule has 2 bridgehead atoms. The molecule has 3 saturated carbocycles. The monoisotopic (exact) mass is 481 g/mol. The van der Waals surface area contributed by atoms with Crippen molar-refractivity contribution in [2.75, 3.05) is 24.7 Å². The first-order chi connectivity index (χ1) is 15.1. The molecule has 4 aliphatic rings. The number of fused-ring (bicyclic) bond motifs is 1. The van der Waals surface area contributed by atoms with Crippen molar-refractivity contribution in [2.45, 2.75) is 53.5 Å². The Kier molecular flexibility index (Phi) is 5.90. The summed E-state index contributed by atoms with van der Waals surface area (Å²) in [5, 5.41) is 17.8. The number of nitrogens with zero attached hydrogens (tertiary/aromatic N) is 3. The van der Waals surface area contributed by atoms with Crippen molar-refractivity contribution < 1.29 is 27.4 Å². The molecular formula is C21H24FN3O5S2. The quantitative estimate of drug-likeness (QED) is 0.359. The van der Waals surface area contributed by atoms with Gasteiger partial charge in [-0.3, -0.25) is 0 Å². The van der Waals surface area contributed by atoms with E-state index in [-0.39, 0.29) is 28.6 Å². The molecule has 0 saturated heterocycles. The lowest BCUT2D eigenvalue weighted by molar-refractivity contribution is -0.134. The molecule has 0 radical (unpaired) electrons. The third kappa shape index (κ3) is 3.64. The fourth-order valence-corrected chi connectivity index (χ4v) is 6.96. The van der Waals surface area contributed by atoms with Crippen LogP contribution in [0.1, 0.15) is 32.1 Å². The summed E-state index contributed by atoms with van der Waals surface area (Å²) in [6.07, 6.45) is 5.95. The van der Waals surface area contributed by atoms with Gasteiger partial charge in [0.1, 0.15) is 16.9 Å². The first-order valence-electron chi connectivity index (χ1n) is 10.2. The number of aliphatic carboxylic acids is 1. The van der Waals surface area contributed by atoms with Crippen molar-refractivity contribution >= 4 is 33.4 Å². The van der Waals surface area contributed by atoms with Crippen molar-refractivity contribution in [3.8, 4) is 11.8 Å².